The second-order valence-electron chi connectivity index (χ2n) is 4.75. The van der Waals surface area contributed by atoms with Gasteiger partial charge in [-0.15, -0.1) is 0 Å². The third-order valence-electron chi connectivity index (χ3n) is 3.11. The van der Waals surface area contributed by atoms with E-state index in [1.54, 1.807) is 18.2 Å². The first-order chi connectivity index (χ1) is 10.3. The number of benzene rings is 1. The lowest BCUT2D eigenvalue weighted by atomic mass is 10.1. The lowest BCUT2D eigenvalue weighted by molar-refractivity contribution is -0.176. The number of anilines is 1. The zero-order valence-electron chi connectivity index (χ0n) is 11.9. The van der Waals surface area contributed by atoms with Crippen LogP contribution >= 0.6 is 11.8 Å². The monoisotopic (exact) mass is 332 g/mol. The molecule has 4 nitrogen and oxygen atoms in total. The van der Waals surface area contributed by atoms with Crippen molar-refractivity contribution in [2.75, 3.05) is 17.3 Å². The van der Waals surface area contributed by atoms with Crippen LogP contribution in [-0.4, -0.2) is 29.6 Å². The highest BCUT2D eigenvalue weighted by atomic mass is 32.2. The summed E-state index contributed by atoms with van der Waals surface area (Å²) in [6, 6.07) is 5.16. The van der Waals surface area contributed by atoms with Crippen molar-refractivity contribution in [2.24, 2.45) is 0 Å². The maximum absolute atomic E-state index is 12.2. The summed E-state index contributed by atoms with van der Waals surface area (Å²) in [7, 11) is 0. The summed E-state index contributed by atoms with van der Waals surface area (Å²) < 4.78 is 41.2. The normalized spacial score (nSPS) is 15.7. The molecule has 0 aliphatic carbocycles. The molecule has 120 valence electrons. The zero-order chi connectivity index (χ0) is 16.3. The number of amidine groups is 1. The molecular weight excluding hydrogens is 317 g/mol. The van der Waals surface area contributed by atoms with Crippen molar-refractivity contribution in [1.29, 1.82) is 5.41 Å². The van der Waals surface area contributed by atoms with Gasteiger partial charge in [-0.2, -0.15) is 13.2 Å². The molecule has 1 N–H and O–H groups in total. The summed E-state index contributed by atoms with van der Waals surface area (Å²) in [5.74, 6) is -0.0850. The first kappa shape index (κ1) is 16.8. The molecule has 1 aliphatic rings. The molecule has 8 heteroatoms. The van der Waals surface area contributed by atoms with Gasteiger partial charge in [-0.05, 0) is 18.1 Å². The molecule has 1 aromatic carbocycles. The van der Waals surface area contributed by atoms with Gasteiger partial charge in [-0.3, -0.25) is 15.1 Å². The van der Waals surface area contributed by atoms with Crippen molar-refractivity contribution >= 4 is 28.5 Å². The number of amides is 1. The zero-order valence-corrected chi connectivity index (χ0v) is 12.7. The number of nitrogens with one attached hydrogen (secondary N) is 1. The van der Waals surface area contributed by atoms with Crippen molar-refractivity contribution in [3.8, 4) is 0 Å². The Kier molecular flexibility index (Phi) is 5.12. The fraction of sp³-hybridized carbons (Fsp3) is 0.429. The maximum Gasteiger partial charge on any atom is 0.411 e. The van der Waals surface area contributed by atoms with E-state index in [-0.39, 0.29) is 23.4 Å². The number of nitrogens with zero attached hydrogens (tertiary/aromatic N) is 1. The molecule has 0 radical (unpaired) electrons. The van der Waals surface area contributed by atoms with E-state index >= 15 is 0 Å². The third kappa shape index (κ3) is 4.01. The average Bonchev–Trinajstić information content (AvgIpc) is 2.77. The van der Waals surface area contributed by atoms with Crippen molar-refractivity contribution in [3.63, 3.8) is 0 Å². The van der Waals surface area contributed by atoms with Gasteiger partial charge in [-0.1, -0.05) is 30.8 Å². The Hall–Kier alpha value is -1.54. The largest absolute Gasteiger partial charge is 0.411 e. The number of carbonyl (C=O) groups is 1. The fourth-order valence-corrected chi connectivity index (χ4v) is 2.77. The Balaban J connectivity index is 2.25. The summed E-state index contributed by atoms with van der Waals surface area (Å²) in [6.45, 7) is 0.327. The fourth-order valence-electron chi connectivity index (χ4n) is 2.05. The first-order valence-corrected chi connectivity index (χ1v) is 7.61. The molecule has 0 bridgehead atoms. The van der Waals surface area contributed by atoms with Crippen LogP contribution in [0.15, 0.2) is 18.2 Å². The quantitative estimate of drug-likeness (QED) is 0.900. The number of carbonyl (C=O) groups excluding carboxylic acids is 1. The Morgan fingerprint density at radius 2 is 2.14 bits per heavy atom. The van der Waals surface area contributed by atoms with Crippen LogP contribution in [0, 0.1) is 5.41 Å². The van der Waals surface area contributed by atoms with Gasteiger partial charge in [0.2, 0.25) is 5.91 Å². The van der Waals surface area contributed by atoms with Crippen LogP contribution in [-0.2, 0) is 22.6 Å². The lowest BCUT2D eigenvalue weighted by Crippen LogP contribution is -2.30. The number of ether oxygens (including phenoxy) is 1. The summed E-state index contributed by atoms with van der Waals surface area (Å²) in [6.07, 6.45) is -3.67. The molecule has 0 saturated carbocycles. The van der Waals surface area contributed by atoms with Crippen molar-refractivity contribution in [3.05, 3.63) is 29.3 Å². The van der Waals surface area contributed by atoms with Gasteiger partial charge in [0.05, 0.1) is 18.0 Å². The number of hydrogen-bond acceptors (Lipinski definition) is 4. The van der Waals surface area contributed by atoms with Gasteiger partial charge >= 0.3 is 6.18 Å². The molecular formula is C14H15F3N2O2S. The predicted octanol–water partition coefficient (Wildman–Crippen LogP) is 3.34. The number of hydrogen-bond donors (Lipinski definition) is 1. The van der Waals surface area contributed by atoms with E-state index in [0.717, 1.165) is 23.7 Å². The van der Waals surface area contributed by atoms with Gasteiger partial charge in [0.25, 0.3) is 0 Å². The summed E-state index contributed by atoms with van der Waals surface area (Å²) >= 11 is 1.10. The van der Waals surface area contributed by atoms with E-state index in [2.05, 4.69) is 4.74 Å². The van der Waals surface area contributed by atoms with Crippen molar-refractivity contribution in [1.82, 2.24) is 0 Å². The number of halogens is 3. The predicted molar refractivity (Wildman–Crippen MR) is 79.2 cm³/mol. The van der Waals surface area contributed by atoms with Crippen LogP contribution in [0.1, 0.15) is 18.1 Å². The number of thioether (sulfide) groups is 1. The highest BCUT2D eigenvalue weighted by Crippen LogP contribution is 2.31. The van der Waals surface area contributed by atoms with Gasteiger partial charge in [0, 0.05) is 5.56 Å². The highest BCUT2D eigenvalue weighted by Gasteiger charge is 2.31. The molecule has 1 saturated heterocycles. The van der Waals surface area contributed by atoms with Crippen LogP contribution in [0.5, 0.6) is 0 Å². The summed E-state index contributed by atoms with van der Waals surface area (Å²) in [5, 5.41) is 7.90. The van der Waals surface area contributed by atoms with Crippen molar-refractivity contribution < 1.29 is 22.7 Å². The van der Waals surface area contributed by atoms with E-state index < -0.39 is 12.8 Å². The Morgan fingerprint density at radius 1 is 1.41 bits per heavy atom. The topological polar surface area (TPSA) is 53.4 Å². The maximum atomic E-state index is 12.2. The smallest absolute Gasteiger partial charge is 0.367 e. The minimum atomic E-state index is -4.39. The molecule has 2 rings (SSSR count). The Labute approximate surface area is 130 Å². The van der Waals surface area contributed by atoms with E-state index in [1.807, 2.05) is 6.92 Å². The van der Waals surface area contributed by atoms with Crippen LogP contribution in [0.2, 0.25) is 0 Å². The molecule has 22 heavy (non-hydrogen) atoms. The van der Waals surface area contributed by atoms with E-state index in [4.69, 9.17) is 5.41 Å². The number of rotatable bonds is 5. The minimum absolute atomic E-state index is 0.0790. The average molecular weight is 332 g/mol. The molecule has 0 spiro atoms. The van der Waals surface area contributed by atoms with E-state index in [9.17, 15) is 18.0 Å². The number of alkyl halides is 3. The standard InChI is InChI=1S/C14H15F3N2O2S/c1-2-9-3-4-10(6-21-8-14(15,16)17)11(5-9)19-12(20)7-22-13(19)18/h3-5,18H,2,6-8H2,1H3. The third-order valence-corrected chi connectivity index (χ3v) is 3.95. The van der Waals surface area contributed by atoms with Gasteiger partial charge in [0.15, 0.2) is 5.17 Å². The Morgan fingerprint density at radius 3 is 2.68 bits per heavy atom. The first-order valence-electron chi connectivity index (χ1n) is 6.62. The minimum Gasteiger partial charge on any atom is -0.367 e. The van der Waals surface area contributed by atoms with Crippen LogP contribution in [0.3, 0.4) is 0 Å². The van der Waals surface area contributed by atoms with Crippen LogP contribution in [0.4, 0.5) is 18.9 Å². The molecule has 0 atom stereocenters. The van der Waals surface area contributed by atoms with E-state index in [1.165, 1.54) is 4.90 Å². The van der Waals surface area contributed by atoms with Gasteiger partial charge in [0.1, 0.15) is 6.61 Å². The van der Waals surface area contributed by atoms with E-state index in [0.29, 0.717) is 11.3 Å². The number of aryl methyl sites for hydroxylation is 1. The molecule has 0 aromatic heterocycles. The van der Waals surface area contributed by atoms with Crippen molar-refractivity contribution in [2.45, 2.75) is 26.1 Å². The van der Waals surface area contributed by atoms with Crippen LogP contribution in [0.25, 0.3) is 0 Å². The SMILES string of the molecule is CCc1ccc(COCC(F)(F)F)c(N2C(=N)SCC2=O)c1. The second kappa shape index (κ2) is 6.70. The molecule has 1 fully saturated rings. The highest BCUT2D eigenvalue weighted by molar-refractivity contribution is 8.15. The summed E-state index contributed by atoms with van der Waals surface area (Å²) in [5.41, 5.74) is 1.83. The lowest BCUT2D eigenvalue weighted by Gasteiger charge is -2.20. The Bertz CT molecular complexity index is 574. The van der Waals surface area contributed by atoms with Gasteiger partial charge in [-0.25, -0.2) is 0 Å². The molecule has 1 heterocycles. The molecule has 1 aromatic rings. The molecule has 1 aliphatic heterocycles. The summed E-state index contributed by atoms with van der Waals surface area (Å²) in [4.78, 5) is 13.1. The second-order valence-corrected chi connectivity index (χ2v) is 5.71. The molecule has 0 unspecified atom stereocenters. The van der Waals surface area contributed by atoms with Gasteiger partial charge < -0.3 is 4.74 Å². The molecule has 1 amide bonds. The van der Waals surface area contributed by atoms with Crippen LogP contribution < -0.4 is 4.90 Å².